The van der Waals surface area contributed by atoms with Gasteiger partial charge in [-0.3, -0.25) is 19.2 Å². The average Bonchev–Trinajstić information content (AvgIpc) is 2.84. The van der Waals surface area contributed by atoms with Gasteiger partial charge in [0, 0.05) is 40.3 Å². The molecule has 1 aliphatic rings. The molecule has 3 heterocycles. The monoisotopic (exact) mass is 308 g/mol. The van der Waals surface area contributed by atoms with Crippen LogP contribution in [0.25, 0.3) is 11.2 Å². The van der Waals surface area contributed by atoms with Gasteiger partial charge in [-0.25, -0.2) is 4.79 Å². The first-order chi connectivity index (χ1) is 10.6. The fourth-order valence-electron chi connectivity index (χ4n) is 2.62. The van der Waals surface area contributed by atoms with E-state index in [9.17, 15) is 9.59 Å². The molecule has 0 saturated carbocycles. The van der Waals surface area contributed by atoms with E-state index in [4.69, 9.17) is 4.74 Å². The Hall–Kier alpha value is -2.13. The van der Waals surface area contributed by atoms with E-state index < -0.39 is 11.2 Å². The molecule has 22 heavy (non-hydrogen) atoms. The molecule has 2 aromatic heterocycles. The molecule has 9 nitrogen and oxygen atoms in total. The van der Waals surface area contributed by atoms with E-state index in [2.05, 4.69) is 20.2 Å². The van der Waals surface area contributed by atoms with Gasteiger partial charge in [0.25, 0.3) is 5.56 Å². The van der Waals surface area contributed by atoms with Gasteiger partial charge in [0.05, 0.1) is 13.2 Å². The minimum Gasteiger partial charge on any atom is -0.379 e. The third kappa shape index (κ3) is 2.64. The van der Waals surface area contributed by atoms with Crippen molar-refractivity contribution in [3.05, 3.63) is 20.8 Å². The summed E-state index contributed by atoms with van der Waals surface area (Å²) in [6.45, 7) is 4.98. The number of nitrogens with one attached hydrogen (secondary N) is 2. The molecule has 0 spiro atoms. The van der Waals surface area contributed by atoms with Gasteiger partial charge < -0.3 is 14.6 Å². The first-order valence-electron chi connectivity index (χ1n) is 7.27. The van der Waals surface area contributed by atoms with Crippen LogP contribution in [-0.4, -0.2) is 63.4 Å². The Bertz CT molecular complexity index is 783. The standard InChI is InChI=1S/C13H20N6O3/c1-17-9-10(18(2)13(21)16-11(9)20)15-12(17)14-3-4-19-5-7-22-8-6-19/h3-8H2,1-2H3,(H,14,15)(H,16,20,21). The van der Waals surface area contributed by atoms with E-state index in [-0.39, 0.29) is 0 Å². The average molecular weight is 308 g/mol. The van der Waals surface area contributed by atoms with Crippen molar-refractivity contribution in [2.75, 3.05) is 44.7 Å². The second kappa shape index (κ2) is 5.93. The molecule has 3 rings (SSSR count). The Labute approximate surface area is 126 Å². The minimum absolute atomic E-state index is 0.380. The van der Waals surface area contributed by atoms with Crippen LogP contribution >= 0.6 is 0 Å². The van der Waals surface area contributed by atoms with Crippen molar-refractivity contribution in [1.29, 1.82) is 0 Å². The van der Waals surface area contributed by atoms with E-state index in [0.717, 1.165) is 32.8 Å². The molecule has 0 radical (unpaired) electrons. The number of aromatic nitrogens is 4. The molecule has 0 aromatic carbocycles. The summed E-state index contributed by atoms with van der Waals surface area (Å²) in [6.07, 6.45) is 0. The van der Waals surface area contributed by atoms with Crippen molar-refractivity contribution >= 4 is 17.1 Å². The van der Waals surface area contributed by atoms with E-state index >= 15 is 0 Å². The minimum atomic E-state index is -0.463. The highest BCUT2D eigenvalue weighted by Crippen LogP contribution is 2.12. The van der Waals surface area contributed by atoms with Crippen molar-refractivity contribution in [2.45, 2.75) is 0 Å². The number of nitrogens with zero attached hydrogens (tertiary/aromatic N) is 4. The summed E-state index contributed by atoms with van der Waals surface area (Å²) in [6, 6.07) is 0. The predicted octanol–water partition coefficient (Wildman–Crippen LogP) is -1.30. The topological polar surface area (TPSA) is 97.2 Å². The van der Waals surface area contributed by atoms with Crippen molar-refractivity contribution in [1.82, 2.24) is 24.0 Å². The quantitative estimate of drug-likeness (QED) is 0.729. The highest BCUT2D eigenvalue weighted by molar-refractivity contribution is 5.73. The number of hydrogen-bond acceptors (Lipinski definition) is 6. The second-order valence-corrected chi connectivity index (χ2v) is 5.37. The normalized spacial score (nSPS) is 16.3. The molecule has 0 amide bonds. The lowest BCUT2D eigenvalue weighted by atomic mass is 10.4. The number of imidazole rings is 1. The number of ether oxygens (including phenoxy) is 1. The fraction of sp³-hybridized carbons (Fsp3) is 0.615. The zero-order valence-corrected chi connectivity index (χ0v) is 12.8. The smallest absolute Gasteiger partial charge is 0.329 e. The maximum absolute atomic E-state index is 11.9. The molecule has 9 heteroatoms. The third-order valence-electron chi connectivity index (χ3n) is 3.95. The van der Waals surface area contributed by atoms with Crippen LogP contribution in [0.2, 0.25) is 0 Å². The SMILES string of the molecule is Cn1c(NCCN2CCOCC2)nc2c1c(=O)[nH]c(=O)n2C. The molecule has 1 saturated heterocycles. The number of fused-ring (bicyclic) bond motifs is 1. The fourth-order valence-corrected chi connectivity index (χ4v) is 2.62. The number of hydrogen-bond donors (Lipinski definition) is 2. The number of anilines is 1. The van der Waals surface area contributed by atoms with Crippen LogP contribution < -0.4 is 16.6 Å². The predicted molar refractivity (Wildman–Crippen MR) is 82.3 cm³/mol. The second-order valence-electron chi connectivity index (χ2n) is 5.37. The lowest BCUT2D eigenvalue weighted by Gasteiger charge is -2.26. The maximum Gasteiger partial charge on any atom is 0.329 e. The van der Waals surface area contributed by atoms with Gasteiger partial charge in [0.1, 0.15) is 0 Å². The van der Waals surface area contributed by atoms with Crippen molar-refractivity contribution in [2.24, 2.45) is 14.1 Å². The summed E-state index contributed by atoms with van der Waals surface area (Å²) in [5.41, 5.74) is -0.120. The summed E-state index contributed by atoms with van der Waals surface area (Å²) in [4.78, 5) is 32.5. The number of H-pyrrole nitrogens is 1. The highest BCUT2D eigenvalue weighted by Gasteiger charge is 2.15. The maximum atomic E-state index is 11.9. The molecule has 2 N–H and O–H groups in total. The van der Waals surface area contributed by atoms with Crippen molar-refractivity contribution < 1.29 is 4.74 Å². The molecule has 0 unspecified atom stereocenters. The molecule has 0 atom stereocenters. The molecular weight excluding hydrogens is 288 g/mol. The molecule has 1 aliphatic heterocycles. The molecule has 2 aromatic rings. The van der Waals surface area contributed by atoms with E-state index in [1.807, 2.05) is 0 Å². The van der Waals surface area contributed by atoms with Gasteiger partial charge in [-0.1, -0.05) is 0 Å². The van der Waals surface area contributed by atoms with Gasteiger partial charge in [-0.15, -0.1) is 0 Å². The summed E-state index contributed by atoms with van der Waals surface area (Å²) in [7, 11) is 3.34. The summed E-state index contributed by atoms with van der Waals surface area (Å²) < 4.78 is 8.32. The van der Waals surface area contributed by atoms with Crippen LogP contribution in [0.1, 0.15) is 0 Å². The van der Waals surface area contributed by atoms with Crippen LogP contribution in [0.5, 0.6) is 0 Å². The lowest BCUT2D eigenvalue weighted by Crippen LogP contribution is -2.39. The molecule has 120 valence electrons. The van der Waals surface area contributed by atoms with Crippen LogP contribution in [-0.2, 0) is 18.8 Å². The summed E-state index contributed by atoms with van der Waals surface area (Å²) >= 11 is 0. The third-order valence-corrected chi connectivity index (χ3v) is 3.95. The Morgan fingerprint density at radius 3 is 2.68 bits per heavy atom. The van der Waals surface area contributed by atoms with Crippen molar-refractivity contribution in [3.63, 3.8) is 0 Å². The number of rotatable bonds is 4. The lowest BCUT2D eigenvalue weighted by molar-refractivity contribution is 0.0398. The Morgan fingerprint density at radius 1 is 1.23 bits per heavy atom. The Balaban J connectivity index is 1.78. The molecule has 0 aliphatic carbocycles. The highest BCUT2D eigenvalue weighted by atomic mass is 16.5. The first-order valence-corrected chi connectivity index (χ1v) is 7.27. The number of aryl methyl sites for hydroxylation is 2. The van der Waals surface area contributed by atoms with Crippen LogP contribution in [0, 0.1) is 0 Å². The Kier molecular flexibility index (Phi) is 3.99. The van der Waals surface area contributed by atoms with Gasteiger partial charge in [0.2, 0.25) is 5.95 Å². The van der Waals surface area contributed by atoms with Crippen LogP contribution in [0.4, 0.5) is 5.95 Å². The summed E-state index contributed by atoms with van der Waals surface area (Å²) in [5.74, 6) is 0.579. The van der Waals surface area contributed by atoms with E-state index in [0.29, 0.717) is 23.7 Å². The van der Waals surface area contributed by atoms with Crippen molar-refractivity contribution in [3.8, 4) is 0 Å². The van der Waals surface area contributed by atoms with Gasteiger partial charge >= 0.3 is 5.69 Å². The zero-order valence-electron chi connectivity index (χ0n) is 12.8. The first kappa shape index (κ1) is 14.8. The Morgan fingerprint density at radius 2 is 1.95 bits per heavy atom. The largest absolute Gasteiger partial charge is 0.379 e. The number of aromatic amines is 1. The van der Waals surface area contributed by atoms with Crippen LogP contribution in [0.3, 0.4) is 0 Å². The summed E-state index contributed by atoms with van der Waals surface area (Å²) in [5, 5.41) is 3.22. The molecule has 0 bridgehead atoms. The molecular formula is C13H20N6O3. The number of morpholine rings is 1. The van der Waals surface area contributed by atoms with Gasteiger partial charge in [-0.05, 0) is 0 Å². The van der Waals surface area contributed by atoms with Crippen LogP contribution in [0.15, 0.2) is 9.59 Å². The van der Waals surface area contributed by atoms with Gasteiger partial charge in [0.15, 0.2) is 11.2 Å². The van der Waals surface area contributed by atoms with E-state index in [1.54, 1.807) is 18.7 Å². The zero-order chi connectivity index (χ0) is 15.7. The van der Waals surface area contributed by atoms with E-state index in [1.165, 1.54) is 4.57 Å². The van der Waals surface area contributed by atoms with Gasteiger partial charge in [-0.2, -0.15) is 4.98 Å². The molecule has 1 fully saturated rings.